The summed E-state index contributed by atoms with van der Waals surface area (Å²) in [5, 5.41) is 9.87. The minimum absolute atomic E-state index is 0.308. The summed E-state index contributed by atoms with van der Waals surface area (Å²) in [6, 6.07) is 9.64. The van der Waals surface area contributed by atoms with E-state index in [-0.39, 0.29) is 6.67 Å². The Labute approximate surface area is 87.6 Å². The first-order chi connectivity index (χ1) is 7.35. The van der Waals surface area contributed by atoms with Gasteiger partial charge in [0.2, 0.25) is 0 Å². The summed E-state index contributed by atoms with van der Waals surface area (Å²) in [6.45, 7) is 0.354. The monoisotopic (exact) mass is 202 g/mol. The van der Waals surface area contributed by atoms with E-state index in [9.17, 15) is 4.39 Å². The zero-order valence-corrected chi connectivity index (χ0v) is 8.28. The molecule has 0 aliphatic heterocycles. The highest BCUT2D eigenvalue weighted by Crippen LogP contribution is 2.17. The van der Waals surface area contributed by atoms with Gasteiger partial charge in [0.15, 0.2) is 0 Å². The van der Waals surface area contributed by atoms with Gasteiger partial charge in [-0.05, 0) is 30.0 Å². The molecule has 0 aliphatic rings. The molecule has 0 unspecified atom stereocenters. The quantitative estimate of drug-likeness (QED) is 0.752. The molecule has 0 bridgehead atoms. The third kappa shape index (κ3) is 1.84. The van der Waals surface area contributed by atoms with Crippen molar-refractivity contribution in [1.29, 1.82) is 5.26 Å². The van der Waals surface area contributed by atoms with Crippen molar-refractivity contribution in [2.24, 2.45) is 0 Å². The third-order valence-electron chi connectivity index (χ3n) is 2.44. The highest BCUT2D eigenvalue weighted by atomic mass is 19.1. The van der Waals surface area contributed by atoms with E-state index in [1.807, 2.05) is 29.0 Å². The number of nitrogens with zero attached hydrogens (tertiary/aromatic N) is 2. The molecule has 1 heterocycles. The van der Waals surface area contributed by atoms with Crippen LogP contribution in [0.25, 0.3) is 10.9 Å². The van der Waals surface area contributed by atoms with E-state index in [0.717, 1.165) is 10.9 Å². The van der Waals surface area contributed by atoms with Crippen LogP contribution in [0.15, 0.2) is 30.5 Å². The summed E-state index contributed by atoms with van der Waals surface area (Å²) in [5.74, 6) is 0. The molecule has 2 aromatic rings. The van der Waals surface area contributed by atoms with Gasteiger partial charge >= 0.3 is 0 Å². The smallest absolute Gasteiger partial charge is 0.0992 e. The van der Waals surface area contributed by atoms with Crippen LogP contribution in [0.5, 0.6) is 0 Å². The molecule has 0 spiro atoms. The molecule has 0 saturated carbocycles. The van der Waals surface area contributed by atoms with Crippen LogP contribution < -0.4 is 0 Å². The zero-order valence-electron chi connectivity index (χ0n) is 8.28. The van der Waals surface area contributed by atoms with E-state index < -0.39 is 0 Å². The highest BCUT2D eigenvalue weighted by Gasteiger charge is 2.01. The second kappa shape index (κ2) is 4.14. The lowest BCUT2D eigenvalue weighted by Gasteiger charge is -2.03. The fourth-order valence-electron chi connectivity index (χ4n) is 1.68. The molecular formula is C12H11FN2. The van der Waals surface area contributed by atoms with E-state index in [1.165, 1.54) is 0 Å². The fourth-order valence-corrected chi connectivity index (χ4v) is 1.68. The van der Waals surface area contributed by atoms with E-state index in [2.05, 4.69) is 6.07 Å². The van der Waals surface area contributed by atoms with Gasteiger partial charge in [0.1, 0.15) is 0 Å². The van der Waals surface area contributed by atoms with Crippen molar-refractivity contribution in [1.82, 2.24) is 4.57 Å². The summed E-state index contributed by atoms with van der Waals surface area (Å²) < 4.78 is 14.0. The average Bonchev–Trinajstić information content (AvgIpc) is 2.68. The van der Waals surface area contributed by atoms with Crippen LogP contribution in [-0.2, 0) is 6.54 Å². The Bertz CT molecular complexity index is 508. The maximum atomic E-state index is 12.1. The van der Waals surface area contributed by atoms with E-state index in [1.54, 1.807) is 6.07 Å². The number of aromatic nitrogens is 1. The van der Waals surface area contributed by atoms with Gasteiger partial charge in [-0.1, -0.05) is 6.07 Å². The minimum atomic E-state index is -0.308. The number of aryl methyl sites for hydroxylation is 1. The molecule has 1 aromatic heterocycles. The number of alkyl halides is 1. The number of fused-ring (bicyclic) bond motifs is 1. The van der Waals surface area contributed by atoms with Crippen LogP contribution in [0.2, 0.25) is 0 Å². The molecule has 76 valence electrons. The second-order valence-electron chi connectivity index (χ2n) is 3.44. The maximum absolute atomic E-state index is 12.1. The molecule has 0 amide bonds. The summed E-state index contributed by atoms with van der Waals surface area (Å²) in [5.41, 5.74) is 1.64. The normalized spacial score (nSPS) is 10.4. The Kier molecular flexibility index (Phi) is 2.68. The number of hydrogen-bond donors (Lipinski definition) is 0. The number of halogens is 1. The Balaban J connectivity index is 2.43. The molecule has 2 nitrogen and oxygen atoms in total. The number of rotatable bonds is 3. The lowest BCUT2D eigenvalue weighted by molar-refractivity contribution is 0.450. The van der Waals surface area contributed by atoms with Gasteiger partial charge in [-0.2, -0.15) is 5.26 Å². The van der Waals surface area contributed by atoms with Gasteiger partial charge in [-0.15, -0.1) is 0 Å². The number of benzene rings is 1. The zero-order chi connectivity index (χ0) is 10.7. The summed E-state index contributed by atoms with van der Waals surface area (Å²) in [7, 11) is 0. The highest BCUT2D eigenvalue weighted by molar-refractivity contribution is 5.81. The van der Waals surface area contributed by atoms with Crippen LogP contribution in [0.4, 0.5) is 4.39 Å². The van der Waals surface area contributed by atoms with Gasteiger partial charge in [0.05, 0.1) is 18.3 Å². The van der Waals surface area contributed by atoms with Crippen LogP contribution in [0.3, 0.4) is 0 Å². The van der Waals surface area contributed by atoms with Crippen molar-refractivity contribution in [2.45, 2.75) is 13.0 Å². The molecule has 0 N–H and O–H groups in total. The van der Waals surface area contributed by atoms with Gasteiger partial charge in [-0.3, -0.25) is 4.39 Å². The van der Waals surface area contributed by atoms with Crippen molar-refractivity contribution in [3.63, 3.8) is 0 Å². The van der Waals surface area contributed by atoms with Crippen molar-refractivity contribution < 1.29 is 4.39 Å². The van der Waals surface area contributed by atoms with Crippen LogP contribution >= 0.6 is 0 Å². The Morgan fingerprint density at radius 2 is 2.20 bits per heavy atom. The Morgan fingerprint density at radius 1 is 1.33 bits per heavy atom. The Morgan fingerprint density at radius 3 is 2.93 bits per heavy atom. The standard InChI is InChI=1S/C12H11FN2/c13-5-1-6-15-7-4-11-3-2-10(9-14)8-12(11)15/h2-4,7-8H,1,5-6H2. The first-order valence-electron chi connectivity index (χ1n) is 4.90. The van der Waals surface area contributed by atoms with Gasteiger partial charge < -0.3 is 4.57 Å². The van der Waals surface area contributed by atoms with Crippen LogP contribution in [-0.4, -0.2) is 11.2 Å². The lowest BCUT2D eigenvalue weighted by Crippen LogP contribution is -1.96. The fraction of sp³-hybridized carbons (Fsp3) is 0.250. The van der Waals surface area contributed by atoms with Gasteiger partial charge in [-0.25, -0.2) is 0 Å². The number of nitriles is 1. The average molecular weight is 202 g/mol. The molecule has 0 saturated heterocycles. The molecule has 2 rings (SSSR count). The molecule has 3 heteroatoms. The van der Waals surface area contributed by atoms with Crippen LogP contribution in [0.1, 0.15) is 12.0 Å². The molecule has 0 aliphatic carbocycles. The first-order valence-corrected chi connectivity index (χ1v) is 4.90. The van der Waals surface area contributed by atoms with E-state index in [4.69, 9.17) is 5.26 Å². The predicted octanol–water partition coefficient (Wildman–Crippen LogP) is 2.87. The van der Waals surface area contributed by atoms with E-state index >= 15 is 0 Å². The molecular weight excluding hydrogens is 191 g/mol. The number of hydrogen-bond acceptors (Lipinski definition) is 1. The second-order valence-corrected chi connectivity index (χ2v) is 3.44. The van der Waals surface area contributed by atoms with Crippen LogP contribution in [0, 0.1) is 11.3 Å². The lowest BCUT2D eigenvalue weighted by atomic mass is 10.2. The van der Waals surface area contributed by atoms with Crippen molar-refractivity contribution in [3.8, 4) is 6.07 Å². The van der Waals surface area contributed by atoms with Gasteiger partial charge in [0, 0.05) is 18.3 Å². The molecule has 1 aromatic carbocycles. The molecule has 0 atom stereocenters. The largest absolute Gasteiger partial charge is 0.347 e. The predicted molar refractivity (Wildman–Crippen MR) is 57.2 cm³/mol. The maximum Gasteiger partial charge on any atom is 0.0992 e. The van der Waals surface area contributed by atoms with E-state index in [0.29, 0.717) is 18.5 Å². The SMILES string of the molecule is N#Cc1ccc2ccn(CCCF)c2c1. The summed E-state index contributed by atoms with van der Waals surface area (Å²) in [6.07, 6.45) is 2.45. The van der Waals surface area contributed by atoms with Crippen molar-refractivity contribution >= 4 is 10.9 Å². The molecule has 15 heavy (non-hydrogen) atoms. The topological polar surface area (TPSA) is 28.7 Å². The van der Waals surface area contributed by atoms with Gasteiger partial charge in [0.25, 0.3) is 0 Å². The molecule has 0 radical (unpaired) electrons. The summed E-state index contributed by atoms with van der Waals surface area (Å²) in [4.78, 5) is 0. The Hall–Kier alpha value is -1.82. The summed E-state index contributed by atoms with van der Waals surface area (Å²) >= 11 is 0. The molecule has 0 fully saturated rings. The van der Waals surface area contributed by atoms with Crippen molar-refractivity contribution in [2.75, 3.05) is 6.67 Å². The van der Waals surface area contributed by atoms with Crippen molar-refractivity contribution in [3.05, 3.63) is 36.0 Å². The first kappa shape index (κ1) is 9.72. The minimum Gasteiger partial charge on any atom is -0.347 e. The third-order valence-corrected chi connectivity index (χ3v) is 2.44.